The van der Waals surface area contributed by atoms with E-state index in [1.807, 2.05) is 43.3 Å². The lowest BCUT2D eigenvalue weighted by Crippen LogP contribution is -2.24. The minimum atomic E-state index is -0.390. The third-order valence-corrected chi connectivity index (χ3v) is 6.93. The SMILES string of the molecule is Cc1c(-c2ccc(Cl)cc2)nc2ccccc2c1C(=O)Nc1cccc2c1C(=O)c1ccccc1C2=O. The van der Waals surface area contributed by atoms with Crippen LogP contribution in [0.25, 0.3) is 22.2 Å². The van der Waals surface area contributed by atoms with Gasteiger partial charge in [0.2, 0.25) is 0 Å². The molecule has 1 aliphatic rings. The number of ketones is 2. The van der Waals surface area contributed by atoms with E-state index in [1.165, 1.54) is 0 Å². The van der Waals surface area contributed by atoms with Crippen molar-refractivity contribution in [2.45, 2.75) is 6.92 Å². The van der Waals surface area contributed by atoms with Gasteiger partial charge < -0.3 is 5.32 Å². The third kappa shape index (κ3) is 3.72. The lowest BCUT2D eigenvalue weighted by Gasteiger charge is -2.21. The highest BCUT2D eigenvalue weighted by Crippen LogP contribution is 2.34. The highest BCUT2D eigenvalue weighted by atomic mass is 35.5. The van der Waals surface area contributed by atoms with E-state index in [2.05, 4.69) is 5.32 Å². The molecule has 0 saturated carbocycles. The molecule has 1 amide bonds. The molecular weight excluding hydrogens is 484 g/mol. The first-order valence-electron chi connectivity index (χ1n) is 11.7. The summed E-state index contributed by atoms with van der Waals surface area (Å²) >= 11 is 6.08. The number of carbonyl (C=O) groups excluding carboxylic acids is 3. The van der Waals surface area contributed by atoms with E-state index in [9.17, 15) is 14.4 Å². The van der Waals surface area contributed by atoms with Gasteiger partial charge in [0.15, 0.2) is 11.6 Å². The molecule has 1 N–H and O–H groups in total. The van der Waals surface area contributed by atoms with Crippen molar-refractivity contribution in [3.8, 4) is 11.3 Å². The van der Waals surface area contributed by atoms with Crippen molar-refractivity contribution in [3.05, 3.63) is 129 Å². The minimum absolute atomic E-state index is 0.202. The smallest absolute Gasteiger partial charge is 0.256 e. The molecule has 1 heterocycles. The van der Waals surface area contributed by atoms with Gasteiger partial charge >= 0.3 is 0 Å². The van der Waals surface area contributed by atoms with Crippen LogP contribution >= 0.6 is 11.6 Å². The summed E-state index contributed by atoms with van der Waals surface area (Å²) in [7, 11) is 0. The maximum Gasteiger partial charge on any atom is 0.256 e. The number of carbonyl (C=O) groups is 3. The Balaban J connectivity index is 1.48. The van der Waals surface area contributed by atoms with Crippen molar-refractivity contribution in [1.82, 2.24) is 4.98 Å². The topological polar surface area (TPSA) is 76.1 Å². The predicted molar refractivity (Wildman–Crippen MR) is 145 cm³/mol. The van der Waals surface area contributed by atoms with Gasteiger partial charge in [0.25, 0.3) is 5.91 Å². The normalized spacial score (nSPS) is 12.3. The van der Waals surface area contributed by atoms with Crippen molar-refractivity contribution >= 4 is 45.7 Å². The van der Waals surface area contributed by atoms with Crippen molar-refractivity contribution in [3.63, 3.8) is 0 Å². The average molecular weight is 503 g/mol. The fraction of sp³-hybridized carbons (Fsp3) is 0.0323. The second-order valence-electron chi connectivity index (χ2n) is 8.87. The number of nitrogens with zero attached hydrogens (tertiary/aromatic N) is 1. The number of hydrogen-bond donors (Lipinski definition) is 1. The molecule has 178 valence electrons. The Hall–Kier alpha value is -4.61. The quantitative estimate of drug-likeness (QED) is 0.286. The number of halogens is 1. The molecule has 0 unspecified atom stereocenters. The number of aromatic nitrogens is 1. The second kappa shape index (κ2) is 8.80. The summed E-state index contributed by atoms with van der Waals surface area (Å²) in [5.41, 5.74) is 4.77. The molecule has 1 aliphatic carbocycles. The Labute approximate surface area is 217 Å². The molecule has 0 radical (unpaired) electrons. The molecule has 0 aliphatic heterocycles. The number of fused-ring (bicyclic) bond motifs is 3. The number of rotatable bonds is 3. The van der Waals surface area contributed by atoms with Crippen LogP contribution in [0.1, 0.15) is 47.8 Å². The van der Waals surface area contributed by atoms with Crippen LogP contribution in [0.5, 0.6) is 0 Å². The van der Waals surface area contributed by atoms with Gasteiger partial charge in [0, 0.05) is 32.7 Å². The van der Waals surface area contributed by atoms with Crippen molar-refractivity contribution in [2.24, 2.45) is 0 Å². The summed E-state index contributed by atoms with van der Waals surface area (Å²) in [6.07, 6.45) is 0. The molecule has 37 heavy (non-hydrogen) atoms. The zero-order valence-corrected chi connectivity index (χ0v) is 20.5. The van der Waals surface area contributed by atoms with Crippen molar-refractivity contribution in [1.29, 1.82) is 0 Å². The lowest BCUT2D eigenvalue weighted by atomic mass is 9.83. The van der Waals surface area contributed by atoms with Gasteiger partial charge in [-0.15, -0.1) is 0 Å². The largest absolute Gasteiger partial charge is 0.321 e. The summed E-state index contributed by atoms with van der Waals surface area (Å²) < 4.78 is 0. The molecule has 0 spiro atoms. The summed E-state index contributed by atoms with van der Waals surface area (Å²) in [6, 6.07) is 26.4. The van der Waals surface area contributed by atoms with Crippen LogP contribution in [0.2, 0.25) is 5.02 Å². The first-order chi connectivity index (χ1) is 17.9. The van der Waals surface area contributed by atoms with Crippen molar-refractivity contribution in [2.75, 3.05) is 5.32 Å². The van der Waals surface area contributed by atoms with Crippen LogP contribution < -0.4 is 5.32 Å². The first kappa shape index (κ1) is 22.8. The van der Waals surface area contributed by atoms with Crippen LogP contribution in [0.15, 0.2) is 91.0 Å². The molecule has 0 atom stereocenters. The van der Waals surface area contributed by atoms with Crippen LogP contribution in [0.4, 0.5) is 5.69 Å². The zero-order chi connectivity index (χ0) is 25.7. The highest BCUT2D eigenvalue weighted by molar-refractivity contribution is 6.31. The predicted octanol–water partition coefficient (Wildman–Crippen LogP) is 6.89. The number of anilines is 1. The Morgan fingerprint density at radius 1 is 0.757 bits per heavy atom. The fourth-order valence-electron chi connectivity index (χ4n) is 4.92. The number of amides is 1. The van der Waals surface area contributed by atoms with Gasteiger partial charge in [-0.1, -0.05) is 78.3 Å². The van der Waals surface area contributed by atoms with E-state index < -0.39 is 0 Å². The Morgan fingerprint density at radius 2 is 1.41 bits per heavy atom. The van der Waals surface area contributed by atoms with Crippen molar-refractivity contribution < 1.29 is 14.4 Å². The second-order valence-corrected chi connectivity index (χ2v) is 9.31. The van der Waals surface area contributed by atoms with Crippen LogP contribution in [-0.4, -0.2) is 22.5 Å². The number of hydrogen-bond acceptors (Lipinski definition) is 4. The fourth-order valence-corrected chi connectivity index (χ4v) is 5.05. The van der Waals surface area contributed by atoms with E-state index in [1.54, 1.807) is 54.6 Å². The average Bonchev–Trinajstić information content (AvgIpc) is 2.92. The maximum atomic E-state index is 13.8. The van der Waals surface area contributed by atoms with Crippen LogP contribution in [0.3, 0.4) is 0 Å². The number of para-hydroxylation sites is 1. The molecule has 1 aromatic heterocycles. The number of nitrogens with one attached hydrogen (secondary N) is 1. The Bertz CT molecular complexity index is 1770. The summed E-state index contributed by atoms with van der Waals surface area (Å²) in [5, 5.41) is 4.22. The van der Waals surface area contributed by atoms with Gasteiger partial charge in [0.05, 0.1) is 28.0 Å². The lowest BCUT2D eigenvalue weighted by molar-refractivity contribution is 0.0978. The van der Waals surface area contributed by atoms with E-state index in [-0.39, 0.29) is 28.6 Å². The molecule has 4 aromatic carbocycles. The summed E-state index contributed by atoms with van der Waals surface area (Å²) in [5.74, 6) is -0.921. The van der Waals surface area contributed by atoms with Gasteiger partial charge in [-0.05, 0) is 36.8 Å². The summed E-state index contributed by atoms with van der Waals surface area (Å²) in [4.78, 5) is 45.2. The Kier molecular flexibility index (Phi) is 5.43. The molecule has 0 fully saturated rings. The van der Waals surface area contributed by atoms with E-state index in [4.69, 9.17) is 16.6 Å². The molecule has 0 bridgehead atoms. The first-order valence-corrected chi connectivity index (χ1v) is 12.1. The number of benzene rings is 4. The van der Waals surface area contributed by atoms with Gasteiger partial charge in [-0.3, -0.25) is 14.4 Å². The summed E-state index contributed by atoms with van der Waals surface area (Å²) in [6.45, 7) is 1.85. The monoisotopic (exact) mass is 502 g/mol. The van der Waals surface area contributed by atoms with E-state index in [0.717, 1.165) is 5.56 Å². The molecule has 6 rings (SSSR count). The Morgan fingerprint density at radius 3 is 2.16 bits per heavy atom. The van der Waals surface area contributed by atoms with Crippen LogP contribution in [0, 0.1) is 6.92 Å². The van der Waals surface area contributed by atoms with Gasteiger partial charge in [-0.25, -0.2) is 4.98 Å². The van der Waals surface area contributed by atoms with E-state index >= 15 is 0 Å². The van der Waals surface area contributed by atoms with E-state index in [0.29, 0.717) is 49.6 Å². The molecule has 6 heteroatoms. The number of pyridine rings is 1. The standard InChI is InChI=1S/C31H19ClN2O3/c1-17-26(22-9-4-5-11-24(22)33-28(17)18-13-15-19(32)16-14-18)31(37)34-25-12-6-10-23-27(25)30(36)21-8-3-2-7-20(21)29(23)35/h2-16H,1H3,(H,34,37). The molecule has 5 aromatic rings. The molecular formula is C31H19ClN2O3. The highest BCUT2D eigenvalue weighted by Gasteiger charge is 2.32. The third-order valence-electron chi connectivity index (χ3n) is 6.68. The van der Waals surface area contributed by atoms with Gasteiger partial charge in [-0.2, -0.15) is 0 Å². The van der Waals surface area contributed by atoms with Gasteiger partial charge in [0.1, 0.15) is 0 Å². The van der Waals surface area contributed by atoms with Crippen LogP contribution in [-0.2, 0) is 0 Å². The molecule has 5 nitrogen and oxygen atoms in total. The minimum Gasteiger partial charge on any atom is -0.321 e. The zero-order valence-electron chi connectivity index (χ0n) is 19.7. The molecule has 0 saturated heterocycles. The maximum absolute atomic E-state index is 13.8.